The standard InChI is InChI=1S/C32H26N4O4S4/c1-15-25(19(5)37)41-29(33-15)31-35-17(3)27(43-31)23(39)13-11-21-7-9-22(10-8-21)12-14-24(40)28-18(4)36-32(44-28)30-34-16(2)26(42-30)20(6)38/h7-14H,1-6H3/b13-11+,14-12+. The Bertz CT molecular complexity index is 1860. The van der Waals surface area contributed by atoms with Gasteiger partial charge in [0.05, 0.1) is 42.3 Å². The highest BCUT2D eigenvalue weighted by atomic mass is 32.1. The summed E-state index contributed by atoms with van der Waals surface area (Å²) in [5, 5.41) is 2.51. The highest BCUT2D eigenvalue weighted by molar-refractivity contribution is 7.24. The van der Waals surface area contributed by atoms with Crippen molar-refractivity contribution in [2.24, 2.45) is 0 Å². The largest absolute Gasteiger partial charge is 0.294 e. The Morgan fingerprint density at radius 2 is 0.773 bits per heavy atom. The first-order chi connectivity index (χ1) is 20.9. The lowest BCUT2D eigenvalue weighted by atomic mass is 10.1. The molecule has 44 heavy (non-hydrogen) atoms. The van der Waals surface area contributed by atoms with Gasteiger partial charge in [0.1, 0.15) is 0 Å². The molecular weight excluding hydrogens is 633 g/mol. The van der Waals surface area contributed by atoms with E-state index in [1.54, 1.807) is 39.8 Å². The van der Waals surface area contributed by atoms with Crippen molar-refractivity contribution < 1.29 is 19.2 Å². The van der Waals surface area contributed by atoms with Crippen LogP contribution in [0.1, 0.15) is 86.4 Å². The third kappa shape index (κ3) is 6.68. The predicted octanol–water partition coefficient (Wildman–Crippen LogP) is 8.28. The minimum absolute atomic E-state index is 0.0380. The quantitative estimate of drug-likeness (QED) is 0.109. The van der Waals surface area contributed by atoms with Gasteiger partial charge in [-0.3, -0.25) is 19.2 Å². The molecular formula is C32H26N4O4S4. The Morgan fingerprint density at radius 1 is 0.500 bits per heavy atom. The van der Waals surface area contributed by atoms with Crippen LogP contribution in [0.25, 0.3) is 32.2 Å². The van der Waals surface area contributed by atoms with E-state index in [1.165, 1.54) is 71.3 Å². The van der Waals surface area contributed by atoms with E-state index < -0.39 is 0 Å². The van der Waals surface area contributed by atoms with E-state index in [0.717, 1.165) is 11.1 Å². The Kier molecular flexibility index (Phi) is 9.16. The smallest absolute Gasteiger partial charge is 0.197 e. The van der Waals surface area contributed by atoms with E-state index in [9.17, 15) is 19.2 Å². The summed E-state index contributed by atoms with van der Waals surface area (Å²) in [6, 6.07) is 7.48. The molecule has 0 aliphatic carbocycles. The lowest BCUT2D eigenvalue weighted by Crippen LogP contribution is -1.93. The number of benzene rings is 1. The number of carbonyl (C=O) groups is 4. The van der Waals surface area contributed by atoms with Gasteiger partial charge in [-0.25, -0.2) is 19.9 Å². The molecule has 8 nitrogen and oxygen atoms in total. The number of aryl methyl sites for hydroxylation is 4. The second-order valence-corrected chi connectivity index (χ2v) is 13.9. The minimum atomic E-state index is -0.161. The number of ketones is 4. The van der Waals surface area contributed by atoms with Crippen molar-refractivity contribution in [1.82, 2.24) is 19.9 Å². The number of carbonyl (C=O) groups excluding carboxylic acids is 4. The molecule has 12 heteroatoms. The molecule has 0 saturated carbocycles. The average molecular weight is 659 g/mol. The Labute approximate surface area is 269 Å². The van der Waals surface area contributed by atoms with Gasteiger partial charge in [0.25, 0.3) is 0 Å². The molecule has 0 aliphatic heterocycles. The van der Waals surface area contributed by atoms with Crippen LogP contribution in [0.2, 0.25) is 0 Å². The van der Waals surface area contributed by atoms with Crippen molar-refractivity contribution in [3.8, 4) is 20.0 Å². The topological polar surface area (TPSA) is 120 Å². The number of hydrogen-bond donors (Lipinski definition) is 0. The molecule has 0 spiro atoms. The SMILES string of the molecule is CC(=O)c1sc(-c2nc(C)c(C(=O)/C=C/c3ccc(/C=C/C(=O)c4sc(-c5nc(C)c(C(C)=O)s5)nc4C)cc3)s2)nc1C. The highest BCUT2D eigenvalue weighted by Crippen LogP contribution is 2.34. The molecule has 0 saturated heterocycles. The molecule has 0 radical (unpaired) electrons. The highest BCUT2D eigenvalue weighted by Gasteiger charge is 2.20. The zero-order valence-corrected chi connectivity index (χ0v) is 27.9. The molecule has 0 atom stereocenters. The lowest BCUT2D eigenvalue weighted by molar-refractivity contribution is 0.101. The number of allylic oxidation sites excluding steroid dienone is 2. The van der Waals surface area contributed by atoms with Gasteiger partial charge in [-0.2, -0.15) is 0 Å². The molecule has 0 amide bonds. The summed E-state index contributed by atoms with van der Waals surface area (Å²) in [5.74, 6) is -0.399. The summed E-state index contributed by atoms with van der Waals surface area (Å²) in [5.41, 5.74) is 4.23. The second-order valence-electron chi connectivity index (χ2n) is 9.91. The summed E-state index contributed by atoms with van der Waals surface area (Å²) < 4.78 is 0. The molecule has 0 N–H and O–H groups in total. The summed E-state index contributed by atoms with van der Waals surface area (Å²) in [6.45, 7) is 10.2. The van der Waals surface area contributed by atoms with Gasteiger partial charge >= 0.3 is 0 Å². The second kappa shape index (κ2) is 12.9. The first-order valence-corrected chi connectivity index (χ1v) is 16.6. The fourth-order valence-electron chi connectivity index (χ4n) is 4.28. The van der Waals surface area contributed by atoms with Gasteiger partial charge < -0.3 is 0 Å². The molecule has 4 heterocycles. The maximum Gasteiger partial charge on any atom is 0.197 e. The van der Waals surface area contributed by atoms with Crippen LogP contribution in [0.3, 0.4) is 0 Å². The summed E-state index contributed by atoms with van der Waals surface area (Å²) in [4.78, 5) is 69.7. The lowest BCUT2D eigenvalue weighted by Gasteiger charge is -1.97. The van der Waals surface area contributed by atoms with Crippen molar-refractivity contribution >= 4 is 80.6 Å². The first-order valence-electron chi connectivity index (χ1n) is 13.4. The van der Waals surface area contributed by atoms with Gasteiger partial charge in [0.15, 0.2) is 43.2 Å². The number of nitrogens with zero attached hydrogens (tertiary/aromatic N) is 4. The van der Waals surface area contributed by atoms with Crippen LogP contribution in [0.15, 0.2) is 36.4 Å². The van der Waals surface area contributed by atoms with Crippen LogP contribution in [0.4, 0.5) is 0 Å². The molecule has 0 bridgehead atoms. The van der Waals surface area contributed by atoms with Crippen molar-refractivity contribution in [3.05, 3.63) is 89.8 Å². The molecule has 1 aromatic carbocycles. The van der Waals surface area contributed by atoms with Crippen molar-refractivity contribution in [1.29, 1.82) is 0 Å². The molecule has 5 rings (SSSR count). The molecule has 0 fully saturated rings. The van der Waals surface area contributed by atoms with Crippen molar-refractivity contribution in [3.63, 3.8) is 0 Å². The van der Waals surface area contributed by atoms with Gasteiger partial charge in [0.2, 0.25) is 0 Å². The predicted molar refractivity (Wildman–Crippen MR) is 179 cm³/mol. The number of aromatic nitrogens is 4. The Morgan fingerprint density at radius 3 is 1.05 bits per heavy atom. The van der Waals surface area contributed by atoms with Crippen LogP contribution in [0, 0.1) is 27.7 Å². The zero-order valence-electron chi connectivity index (χ0n) is 24.7. The third-order valence-electron chi connectivity index (χ3n) is 6.43. The van der Waals surface area contributed by atoms with Gasteiger partial charge in [0, 0.05) is 13.8 Å². The number of hydrogen-bond acceptors (Lipinski definition) is 12. The Balaban J connectivity index is 1.24. The van der Waals surface area contributed by atoms with E-state index in [4.69, 9.17) is 0 Å². The molecule has 222 valence electrons. The average Bonchev–Trinajstić information content (AvgIpc) is 3.76. The number of rotatable bonds is 10. The van der Waals surface area contributed by atoms with Gasteiger partial charge in [-0.15, -0.1) is 45.3 Å². The maximum absolute atomic E-state index is 13.0. The van der Waals surface area contributed by atoms with Crippen LogP contribution in [-0.2, 0) is 0 Å². The first kappa shape index (κ1) is 31.3. The number of thiazole rings is 4. The van der Waals surface area contributed by atoms with Crippen molar-refractivity contribution in [2.45, 2.75) is 41.5 Å². The summed E-state index contributed by atoms with van der Waals surface area (Å²) >= 11 is 5.11. The van der Waals surface area contributed by atoms with Crippen LogP contribution >= 0.6 is 45.3 Å². The fraction of sp³-hybridized carbons (Fsp3) is 0.188. The van der Waals surface area contributed by atoms with E-state index in [2.05, 4.69) is 19.9 Å². The van der Waals surface area contributed by atoms with E-state index in [0.29, 0.717) is 62.3 Å². The Hall–Kier alpha value is -4.10. The molecule has 0 unspecified atom stereocenters. The van der Waals surface area contributed by atoms with Crippen LogP contribution < -0.4 is 0 Å². The zero-order chi connectivity index (χ0) is 31.7. The normalized spacial score (nSPS) is 11.6. The number of Topliss-reactive ketones (excluding diaryl/α,β-unsaturated/α-hetero) is 2. The van der Waals surface area contributed by atoms with Gasteiger partial charge in [-0.05, 0) is 51.0 Å². The van der Waals surface area contributed by atoms with Crippen molar-refractivity contribution in [2.75, 3.05) is 0 Å². The van der Waals surface area contributed by atoms with Crippen LogP contribution in [-0.4, -0.2) is 43.1 Å². The summed E-state index contributed by atoms with van der Waals surface area (Å²) in [6.07, 6.45) is 6.50. The molecule has 4 aromatic heterocycles. The molecule has 0 aliphatic rings. The van der Waals surface area contributed by atoms with E-state index in [-0.39, 0.29) is 23.1 Å². The minimum Gasteiger partial charge on any atom is -0.294 e. The van der Waals surface area contributed by atoms with Crippen LogP contribution in [0.5, 0.6) is 0 Å². The van der Waals surface area contributed by atoms with E-state index in [1.807, 2.05) is 24.3 Å². The summed E-state index contributed by atoms with van der Waals surface area (Å²) in [7, 11) is 0. The maximum atomic E-state index is 13.0. The monoisotopic (exact) mass is 658 g/mol. The van der Waals surface area contributed by atoms with E-state index >= 15 is 0 Å². The van der Waals surface area contributed by atoms with Gasteiger partial charge in [-0.1, -0.05) is 36.4 Å². The fourth-order valence-corrected chi connectivity index (χ4v) is 8.21. The third-order valence-corrected chi connectivity index (χ3v) is 11.6. The molecule has 5 aromatic rings.